The van der Waals surface area contributed by atoms with Crippen LogP contribution in [0, 0.1) is 20.2 Å². The zero-order valence-corrected chi connectivity index (χ0v) is 18.2. The molecule has 0 saturated carbocycles. The molecule has 2 heterocycles. The first-order valence-corrected chi connectivity index (χ1v) is 12.5. The van der Waals surface area contributed by atoms with Crippen LogP contribution in [0.4, 0.5) is 17.1 Å². The van der Waals surface area contributed by atoms with Crippen LogP contribution in [0.25, 0.3) is 0 Å². The predicted octanol–water partition coefficient (Wildman–Crippen LogP) is 2.39. The molecule has 0 saturated heterocycles. The number of rotatable bonds is 3. The Morgan fingerprint density at radius 1 is 0.690 bits per heavy atom. The molecule has 5 rings (SSSR count). The molecule has 2 atom stereocenters. The first-order valence-electron chi connectivity index (χ1n) is 8.77. The average molecular weight is 517 g/mol. The number of hydrogen-bond donors (Lipinski definition) is 0. The van der Waals surface area contributed by atoms with Gasteiger partial charge in [-0.15, -0.1) is 0 Å². The Bertz CT molecular complexity index is 1080. The monoisotopic (exact) mass is 519 g/mol. The number of hydrogen-bond acceptors (Lipinski definition) is 5. The van der Waals surface area contributed by atoms with Gasteiger partial charge in [0.1, 0.15) is 0 Å². The Hall–Kier alpha value is -2.70. The minimum absolute atomic E-state index is 0.117. The van der Waals surface area contributed by atoms with Crippen molar-refractivity contribution in [3.8, 4) is 0 Å². The van der Waals surface area contributed by atoms with E-state index in [9.17, 15) is 20.2 Å². The van der Waals surface area contributed by atoms with E-state index in [-0.39, 0.29) is 61.0 Å². The topological polar surface area (TPSA) is 89.5 Å². The first-order chi connectivity index (χ1) is 14.1. The Morgan fingerprint density at radius 2 is 1.17 bits per heavy atom. The number of nitro benzene ring substituents is 2. The maximum atomic E-state index is 11.7. The van der Waals surface area contributed by atoms with Crippen LogP contribution < -0.4 is 13.8 Å². The van der Waals surface area contributed by atoms with Crippen molar-refractivity contribution >= 4 is 55.9 Å². The maximum absolute atomic E-state index is 11.7. The van der Waals surface area contributed by atoms with Gasteiger partial charge in [0.25, 0.3) is 0 Å². The average Bonchev–Trinajstić information content (AvgIpc) is 2.73. The molecular weight excluding hydrogens is 504 g/mol. The van der Waals surface area contributed by atoms with Crippen molar-refractivity contribution in [2.24, 2.45) is 0 Å². The van der Waals surface area contributed by atoms with Gasteiger partial charge in [0.2, 0.25) is 0 Å². The minimum atomic E-state index is -0.310. The fourth-order valence-corrected chi connectivity index (χ4v) is 11.1. The van der Waals surface area contributed by atoms with Gasteiger partial charge in [-0.1, -0.05) is 0 Å². The van der Waals surface area contributed by atoms with Gasteiger partial charge < -0.3 is 0 Å². The molecule has 29 heavy (non-hydrogen) atoms. The van der Waals surface area contributed by atoms with Crippen LogP contribution in [0.2, 0.25) is 0 Å². The van der Waals surface area contributed by atoms with Crippen molar-refractivity contribution in [3.05, 3.63) is 98.1 Å². The van der Waals surface area contributed by atoms with Crippen molar-refractivity contribution in [2.75, 3.05) is 4.90 Å². The summed E-state index contributed by atoms with van der Waals surface area (Å²) in [6.45, 7) is 0. The molecule has 0 radical (unpaired) electrons. The van der Waals surface area contributed by atoms with Crippen molar-refractivity contribution in [3.63, 3.8) is 0 Å². The number of nitro groups is 2. The standard InChI is InChI=1S/C20H13N3O4Se2/c24-22(25)15-10-4-8-13-17(15)28-20-14-9-5-11-16(23(26)27)18(14)29-19(13)21(20)12-6-2-1-3-7-12/h1-11,19-20H. The Kier molecular flexibility index (Phi) is 4.41. The van der Waals surface area contributed by atoms with Crippen LogP contribution in [-0.4, -0.2) is 39.8 Å². The molecular formula is C20H13N3O4Se2. The van der Waals surface area contributed by atoms with Crippen LogP contribution in [0.5, 0.6) is 0 Å². The van der Waals surface area contributed by atoms with E-state index in [0.29, 0.717) is 0 Å². The number of fused-ring (bicyclic) bond motifs is 6. The van der Waals surface area contributed by atoms with Crippen LogP contribution in [0.3, 0.4) is 0 Å². The summed E-state index contributed by atoms with van der Waals surface area (Å²) in [6, 6.07) is 20.5. The van der Waals surface area contributed by atoms with Gasteiger partial charge in [-0.25, -0.2) is 0 Å². The van der Waals surface area contributed by atoms with E-state index in [2.05, 4.69) is 4.90 Å². The Labute approximate surface area is 178 Å². The summed E-state index contributed by atoms with van der Waals surface area (Å²) in [5, 5.41) is 23.3. The van der Waals surface area contributed by atoms with E-state index in [4.69, 9.17) is 0 Å². The van der Waals surface area contributed by atoms with Crippen molar-refractivity contribution in [1.82, 2.24) is 0 Å². The summed E-state index contributed by atoms with van der Waals surface area (Å²) in [5.41, 5.74) is 3.23. The van der Waals surface area contributed by atoms with Gasteiger partial charge in [-0.2, -0.15) is 0 Å². The van der Waals surface area contributed by atoms with Gasteiger partial charge in [0.05, 0.1) is 0 Å². The molecule has 2 aliphatic heterocycles. The van der Waals surface area contributed by atoms with Gasteiger partial charge in [-0.3, -0.25) is 0 Å². The first kappa shape index (κ1) is 18.3. The molecule has 2 bridgehead atoms. The molecule has 7 nitrogen and oxygen atoms in total. The van der Waals surface area contributed by atoms with E-state index < -0.39 is 0 Å². The summed E-state index contributed by atoms with van der Waals surface area (Å²) in [5.74, 6) is 0. The molecule has 2 unspecified atom stereocenters. The summed E-state index contributed by atoms with van der Waals surface area (Å²) in [7, 11) is 0. The van der Waals surface area contributed by atoms with Gasteiger partial charge in [-0.05, 0) is 0 Å². The number of para-hydroxylation sites is 1. The summed E-state index contributed by atoms with van der Waals surface area (Å²) < 4.78 is 1.62. The zero-order chi connectivity index (χ0) is 20.1. The second-order valence-electron chi connectivity index (χ2n) is 6.59. The second kappa shape index (κ2) is 6.97. The van der Waals surface area contributed by atoms with E-state index in [0.717, 1.165) is 25.7 Å². The van der Waals surface area contributed by atoms with Gasteiger partial charge in [0, 0.05) is 0 Å². The van der Waals surface area contributed by atoms with E-state index in [1.807, 2.05) is 42.5 Å². The Balaban J connectivity index is 1.76. The zero-order valence-electron chi connectivity index (χ0n) is 14.8. The predicted molar refractivity (Wildman–Crippen MR) is 111 cm³/mol. The molecule has 3 aromatic rings. The molecule has 0 aliphatic carbocycles. The van der Waals surface area contributed by atoms with Crippen molar-refractivity contribution in [1.29, 1.82) is 0 Å². The third-order valence-corrected chi connectivity index (χ3v) is 10.8. The fourth-order valence-electron chi connectivity index (χ4n) is 3.78. The second-order valence-corrected chi connectivity index (χ2v) is 11.2. The molecule has 0 aromatic heterocycles. The van der Waals surface area contributed by atoms with Crippen molar-refractivity contribution < 1.29 is 9.85 Å². The molecule has 0 amide bonds. The molecule has 144 valence electrons. The van der Waals surface area contributed by atoms with Crippen LogP contribution in [0.15, 0.2) is 66.7 Å². The fraction of sp³-hybridized carbons (Fsp3) is 0.100. The van der Waals surface area contributed by atoms with Gasteiger partial charge in [0.15, 0.2) is 0 Å². The van der Waals surface area contributed by atoms with Crippen LogP contribution in [-0.2, 0) is 0 Å². The molecule has 2 aliphatic rings. The number of anilines is 1. The van der Waals surface area contributed by atoms with E-state index >= 15 is 0 Å². The van der Waals surface area contributed by atoms with Gasteiger partial charge >= 0.3 is 179 Å². The summed E-state index contributed by atoms with van der Waals surface area (Å²) in [4.78, 5) is 24.8. The van der Waals surface area contributed by atoms with E-state index in [1.54, 1.807) is 24.3 Å². The molecule has 9 heteroatoms. The SMILES string of the molecule is O=[N+]([O-])c1cccc2c1[Se]C1c3cccc([N+](=O)[O-])c3[Se]C2N1c1ccccc1. The van der Waals surface area contributed by atoms with Crippen molar-refractivity contribution in [2.45, 2.75) is 9.88 Å². The number of benzene rings is 3. The summed E-state index contributed by atoms with van der Waals surface area (Å²) in [6.07, 6.45) is 0. The summed E-state index contributed by atoms with van der Waals surface area (Å²) >= 11 is -0.544. The molecule has 0 N–H and O–H groups in total. The molecule has 0 fully saturated rings. The van der Waals surface area contributed by atoms with E-state index in [1.165, 1.54) is 0 Å². The Morgan fingerprint density at radius 3 is 1.62 bits per heavy atom. The normalized spacial score (nSPS) is 19.2. The molecule has 0 spiro atoms. The third-order valence-electron chi connectivity index (χ3n) is 4.99. The number of nitrogens with zero attached hydrogens (tertiary/aromatic N) is 3. The van der Waals surface area contributed by atoms with Crippen LogP contribution >= 0.6 is 0 Å². The van der Waals surface area contributed by atoms with Crippen LogP contribution in [0.1, 0.15) is 21.0 Å². The quantitative estimate of drug-likeness (QED) is 0.303. The third kappa shape index (κ3) is 2.86. The molecule has 3 aromatic carbocycles.